The fourth-order valence-corrected chi connectivity index (χ4v) is 4.00. The summed E-state index contributed by atoms with van der Waals surface area (Å²) in [5.41, 5.74) is 8.55. The van der Waals surface area contributed by atoms with Crippen molar-refractivity contribution in [1.82, 2.24) is 9.88 Å². The lowest BCUT2D eigenvalue weighted by Crippen LogP contribution is -2.39. The molecule has 0 bridgehead atoms. The van der Waals surface area contributed by atoms with E-state index in [9.17, 15) is 9.59 Å². The van der Waals surface area contributed by atoms with Crippen molar-refractivity contribution in [3.8, 4) is 5.75 Å². The van der Waals surface area contributed by atoms with E-state index in [4.69, 9.17) is 10.5 Å². The molecular weight excluding hydrogens is 366 g/mol. The maximum atomic E-state index is 12.9. The summed E-state index contributed by atoms with van der Waals surface area (Å²) in [6.07, 6.45) is 2.89. The van der Waals surface area contributed by atoms with E-state index in [1.165, 1.54) is 5.56 Å². The van der Waals surface area contributed by atoms with Crippen LogP contribution in [0.1, 0.15) is 39.3 Å². The highest BCUT2D eigenvalue weighted by Crippen LogP contribution is 2.25. The van der Waals surface area contributed by atoms with Crippen LogP contribution in [0.4, 0.5) is 0 Å². The Morgan fingerprint density at radius 3 is 2.48 bits per heavy atom. The molecule has 0 unspecified atom stereocenters. The van der Waals surface area contributed by atoms with E-state index < -0.39 is 5.91 Å². The number of primary amides is 1. The van der Waals surface area contributed by atoms with Crippen LogP contribution in [0.3, 0.4) is 0 Å². The zero-order valence-corrected chi connectivity index (χ0v) is 16.5. The number of aromatic nitrogens is 1. The first-order chi connectivity index (χ1) is 14.0. The molecule has 2 heterocycles. The third-order valence-electron chi connectivity index (χ3n) is 5.72. The Labute approximate surface area is 169 Å². The van der Waals surface area contributed by atoms with Gasteiger partial charge in [0.05, 0.1) is 7.11 Å². The molecule has 0 atom stereocenters. The number of ether oxygens (including phenoxy) is 1. The number of rotatable bonds is 5. The standard InChI is InChI=1S/C23H25N3O3/c1-29-19-7-6-18-13-21(25-20(18)14-19)23(28)26-10-8-16(9-11-26)12-15-2-4-17(5-3-15)22(24)27/h2-7,13-14,16,25H,8-12H2,1H3,(H2,24,27). The second kappa shape index (κ2) is 7.99. The monoisotopic (exact) mass is 391 g/mol. The van der Waals surface area contributed by atoms with Gasteiger partial charge in [0.2, 0.25) is 5.91 Å². The van der Waals surface area contributed by atoms with Gasteiger partial charge in [0, 0.05) is 35.6 Å². The number of fused-ring (bicyclic) bond motifs is 1. The Balaban J connectivity index is 1.36. The molecule has 0 saturated carbocycles. The number of H-pyrrole nitrogens is 1. The normalized spacial score (nSPS) is 14.9. The van der Waals surface area contributed by atoms with E-state index in [-0.39, 0.29) is 5.91 Å². The molecule has 1 aliphatic heterocycles. The van der Waals surface area contributed by atoms with Gasteiger partial charge in [0.1, 0.15) is 11.4 Å². The van der Waals surface area contributed by atoms with Crippen molar-refractivity contribution < 1.29 is 14.3 Å². The zero-order valence-electron chi connectivity index (χ0n) is 16.5. The summed E-state index contributed by atoms with van der Waals surface area (Å²) in [7, 11) is 1.63. The number of piperidine rings is 1. The van der Waals surface area contributed by atoms with E-state index in [1.807, 2.05) is 41.3 Å². The molecule has 3 N–H and O–H groups in total. The van der Waals surface area contributed by atoms with Crippen LogP contribution < -0.4 is 10.5 Å². The van der Waals surface area contributed by atoms with Crippen LogP contribution in [-0.2, 0) is 6.42 Å². The van der Waals surface area contributed by atoms with Crippen molar-refractivity contribution in [2.45, 2.75) is 19.3 Å². The predicted octanol–water partition coefficient (Wildman–Crippen LogP) is 3.37. The van der Waals surface area contributed by atoms with Gasteiger partial charge in [0.15, 0.2) is 0 Å². The molecule has 6 nitrogen and oxygen atoms in total. The number of carbonyl (C=O) groups excluding carboxylic acids is 2. The summed E-state index contributed by atoms with van der Waals surface area (Å²) in [4.78, 5) is 29.2. The summed E-state index contributed by atoms with van der Waals surface area (Å²) in [5.74, 6) is 0.941. The van der Waals surface area contributed by atoms with Gasteiger partial charge in [0.25, 0.3) is 5.91 Å². The minimum Gasteiger partial charge on any atom is -0.497 e. The number of methoxy groups -OCH3 is 1. The molecule has 3 aromatic rings. The number of carbonyl (C=O) groups is 2. The Kier molecular flexibility index (Phi) is 5.25. The zero-order chi connectivity index (χ0) is 20.4. The molecule has 29 heavy (non-hydrogen) atoms. The SMILES string of the molecule is COc1ccc2cc(C(=O)N3CCC(Cc4ccc(C(N)=O)cc4)CC3)[nH]c2c1. The first kappa shape index (κ1) is 19.1. The van der Waals surface area contributed by atoms with Crippen LogP contribution in [0, 0.1) is 5.92 Å². The highest BCUT2D eigenvalue weighted by Gasteiger charge is 2.25. The van der Waals surface area contributed by atoms with Crippen molar-refractivity contribution >= 4 is 22.7 Å². The minimum absolute atomic E-state index is 0.0458. The summed E-state index contributed by atoms with van der Waals surface area (Å²) < 4.78 is 5.25. The maximum absolute atomic E-state index is 12.9. The van der Waals surface area contributed by atoms with E-state index in [0.29, 0.717) is 17.2 Å². The minimum atomic E-state index is -0.404. The van der Waals surface area contributed by atoms with Crippen molar-refractivity contribution in [3.63, 3.8) is 0 Å². The molecule has 150 valence electrons. The van der Waals surface area contributed by atoms with Crippen LogP contribution in [0.2, 0.25) is 0 Å². The van der Waals surface area contributed by atoms with E-state index in [1.54, 1.807) is 19.2 Å². The lowest BCUT2D eigenvalue weighted by molar-refractivity contribution is 0.0685. The van der Waals surface area contributed by atoms with Gasteiger partial charge in [-0.1, -0.05) is 12.1 Å². The van der Waals surface area contributed by atoms with E-state index >= 15 is 0 Å². The molecule has 1 aliphatic rings. The van der Waals surface area contributed by atoms with Gasteiger partial charge in [-0.2, -0.15) is 0 Å². The molecule has 4 rings (SSSR count). The largest absolute Gasteiger partial charge is 0.497 e. The quantitative estimate of drug-likeness (QED) is 0.699. The Morgan fingerprint density at radius 1 is 1.10 bits per heavy atom. The summed E-state index contributed by atoms with van der Waals surface area (Å²) in [5, 5.41) is 1.00. The number of likely N-dealkylation sites (tertiary alicyclic amines) is 1. The number of nitrogens with zero attached hydrogens (tertiary/aromatic N) is 1. The van der Waals surface area contributed by atoms with Crippen LogP contribution in [0.5, 0.6) is 5.75 Å². The summed E-state index contributed by atoms with van der Waals surface area (Å²) in [6, 6.07) is 15.2. The number of amides is 2. The number of nitrogens with one attached hydrogen (secondary N) is 1. The maximum Gasteiger partial charge on any atom is 0.270 e. The van der Waals surface area contributed by atoms with E-state index in [0.717, 1.165) is 49.0 Å². The van der Waals surface area contributed by atoms with Crippen LogP contribution >= 0.6 is 0 Å². The molecule has 0 radical (unpaired) electrons. The van der Waals surface area contributed by atoms with Crippen LogP contribution in [0.15, 0.2) is 48.5 Å². The van der Waals surface area contributed by atoms with Crippen molar-refractivity contribution in [2.75, 3.05) is 20.2 Å². The lowest BCUT2D eigenvalue weighted by atomic mass is 9.90. The fourth-order valence-electron chi connectivity index (χ4n) is 4.00. The fraction of sp³-hybridized carbons (Fsp3) is 0.304. The predicted molar refractivity (Wildman–Crippen MR) is 112 cm³/mol. The van der Waals surface area contributed by atoms with Crippen LogP contribution in [0.25, 0.3) is 10.9 Å². The highest BCUT2D eigenvalue weighted by atomic mass is 16.5. The van der Waals surface area contributed by atoms with Gasteiger partial charge in [-0.25, -0.2) is 0 Å². The number of hydrogen-bond acceptors (Lipinski definition) is 3. The average molecular weight is 391 g/mol. The molecule has 2 amide bonds. The second-order valence-corrected chi connectivity index (χ2v) is 7.64. The molecule has 6 heteroatoms. The van der Waals surface area contributed by atoms with Gasteiger partial charge in [-0.05, 0) is 61.1 Å². The average Bonchev–Trinajstić information content (AvgIpc) is 3.17. The smallest absolute Gasteiger partial charge is 0.270 e. The van der Waals surface area contributed by atoms with Crippen molar-refractivity contribution in [1.29, 1.82) is 0 Å². The number of nitrogens with two attached hydrogens (primary N) is 1. The molecule has 1 saturated heterocycles. The Morgan fingerprint density at radius 2 is 1.83 bits per heavy atom. The first-order valence-electron chi connectivity index (χ1n) is 9.88. The van der Waals surface area contributed by atoms with Crippen molar-refractivity contribution in [3.05, 3.63) is 65.4 Å². The van der Waals surface area contributed by atoms with Gasteiger partial charge in [-0.15, -0.1) is 0 Å². The molecular formula is C23H25N3O3. The molecule has 1 fully saturated rings. The highest BCUT2D eigenvalue weighted by molar-refractivity contribution is 5.98. The number of aromatic amines is 1. The molecule has 0 spiro atoms. The number of hydrogen-bond donors (Lipinski definition) is 2. The lowest BCUT2D eigenvalue weighted by Gasteiger charge is -2.31. The van der Waals surface area contributed by atoms with Crippen LogP contribution in [-0.4, -0.2) is 41.9 Å². The van der Waals surface area contributed by atoms with Gasteiger partial charge in [-0.3, -0.25) is 9.59 Å². The van der Waals surface area contributed by atoms with Gasteiger partial charge < -0.3 is 20.4 Å². The van der Waals surface area contributed by atoms with E-state index in [2.05, 4.69) is 4.98 Å². The molecule has 1 aromatic heterocycles. The Bertz CT molecular complexity index is 1030. The van der Waals surface area contributed by atoms with Crippen molar-refractivity contribution in [2.24, 2.45) is 11.7 Å². The summed E-state index contributed by atoms with van der Waals surface area (Å²) in [6.45, 7) is 1.50. The Hall–Kier alpha value is -3.28. The molecule has 2 aromatic carbocycles. The summed E-state index contributed by atoms with van der Waals surface area (Å²) >= 11 is 0. The first-order valence-corrected chi connectivity index (χ1v) is 9.88. The van der Waals surface area contributed by atoms with Gasteiger partial charge >= 0.3 is 0 Å². The third kappa shape index (κ3) is 4.11. The second-order valence-electron chi connectivity index (χ2n) is 7.64. The third-order valence-corrected chi connectivity index (χ3v) is 5.72. The molecule has 0 aliphatic carbocycles. The topological polar surface area (TPSA) is 88.4 Å². The number of benzene rings is 2.